The van der Waals surface area contributed by atoms with E-state index in [1.165, 1.54) is 19.1 Å². The Kier molecular flexibility index (Phi) is 13.3. The standard InChI is InChI=1S/C35H40BrN4O8PS/c1-47-32(43)21-38-33(44)28(39-30(41)19-18-27(37)35(46)48-2)22-50-29-20-31(42)40(34(29)45)23-49(36,24-12-6-3-7-13-24,25-14-8-4-9-15-25)26-16-10-5-11-17-26/h3-17,27-29H,18-23,37H2,1-2H3,(H,38,44)(H,39,41). The van der Waals surface area contributed by atoms with Crippen LogP contribution in [-0.2, 0) is 38.2 Å². The normalized spacial score (nSPS) is 16.4. The number of benzene rings is 3. The topological polar surface area (TPSA) is 174 Å². The number of halogens is 1. The zero-order valence-electron chi connectivity index (χ0n) is 27.7. The van der Waals surface area contributed by atoms with Crippen molar-refractivity contribution in [1.29, 1.82) is 0 Å². The number of likely N-dealkylation sites (tertiary alicyclic amines) is 1. The number of thioether (sulfide) groups is 1. The first-order valence-corrected chi connectivity index (χ1v) is 21.2. The number of imide groups is 1. The molecule has 3 unspecified atom stereocenters. The van der Waals surface area contributed by atoms with Crippen molar-refractivity contribution in [1.82, 2.24) is 15.5 Å². The summed E-state index contributed by atoms with van der Waals surface area (Å²) < 4.78 is 9.18. The number of amides is 4. The molecule has 3 aromatic carbocycles. The van der Waals surface area contributed by atoms with Crippen LogP contribution in [0, 0.1) is 0 Å². The van der Waals surface area contributed by atoms with Gasteiger partial charge in [0.1, 0.15) is 0 Å². The van der Waals surface area contributed by atoms with Crippen molar-refractivity contribution in [2.24, 2.45) is 5.73 Å². The monoisotopic (exact) mass is 786 g/mol. The van der Waals surface area contributed by atoms with Gasteiger partial charge in [-0.05, 0) is 0 Å². The summed E-state index contributed by atoms with van der Waals surface area (Å²) in [5.41, 5.74) is 5.75. The van der Waals surface area contributed by atoms with Crippen LogP contribution in [0.25, 0.3) is 0 Å². The fourth-order valence-corrected chi connectivity index (χ4v) is 14.3. The number of nitrogens with one attached hydrogen (secondary N) is 2. The van der Waals surface area contributed by atoms with Crippen molar-refractivity contribution in [2.75, 3.05) is 32.8 Å². The molecule has 50 heavy (non-hydrogen) atoms. The van der Waals surface area contributed by atoms with Crippen molar-refractivity contribution in [3.05, 3.63) is 91.0 Å². The van der Waals surface area contributed by atoms with Crippen LogP contribution in [0.5, 0.6) is 0 Å². The van der Waals surface area contributed by atoms with Crippen LogP contribution >= 0.6 is 32.6 Å². The van der Waals surface area contributed by atoms with Crippen LogP contribution in [0.2, 0.25) is 0 Å². The summed E-state index contributed by atoms with van der Waals surface area (Å²) in [6.07, 6.45) is -0.277. The van der Waals surface area contributed by atoms with E-state index in [0.717, 1.165) is 27.7 Å². The van der Waals surface area contributed by atoms with E-state index >= 15 is 0 Å². The summed E-state index contributed by atoms with van der Waals surface area (Å²) in [7, 11) is 2.35. The predicted molar refractivity (Wildman–Crippen MR) is 198 cm³/mol. The van der Waals surface area contributed by atoms with Gasteiger partial charge < -0.3 is 10.5 Å². The molecule has 3 aromatic rings. The summed E-state index contributed by atoms with van der Waals surface area (Å²) >= 11 is 5.35. The maximum atomic E-state index is 14.1. The van der Waals surface area contributed by atoms with Gasteiger partial charge >= 0.3 is 274 Å². The van der Waals surface area contributed by atoms with E-state index in [-0.39, 0.29) is 37.2 Å². The first kappa shape index (κ1) is 38.7. The van der Waals surface area contributed by atoms with Crippen LogP contribution in [0.4, 0.5) is 0 Å². The molecule has 266 valence electrons. The van der Waals surface area contributed by atoms with E-state index in [0.29, 0.717) is 0 Å². The summed E-state index contributed by atoms with van der Waals surface area (Å²) in [5.74, 6) is -3.52. The third-order valence-corrected chi connectivity index (χ3v) is 19.0. The predicted octanol–water partition coefficient (Wildman–Crippen LogP) is 1.70. The number of hydrogen-bond acceptors (Lipinski definition) is 10. The maximum absolute atomic E-state index is 14.1. The molecule has 3 atom stereocenters. The van der Waals surface area contributed by atoms with Crippen LogP contribution in [0.15, 0.2) is 91.0 Å². The fraction of sp³-hybridized carbons (Fsp3) is 0.314. The second kappa shape index (κ2) is 17.2. The Labute approximate surface area is 302 Å². The van der Waals surface area contributed by atoms with Gasteiger partial charge in [0, 0.05) is 0 Å². The molecule has 0 saturated carbocycles. The smallest absolute Gasteiger partial charge is 0.468 e. The fourth-order valence-electron chi connectivity index (χ4n) is 5.68. The number of rotatable bonds is 16. The minimum absolute atomic E-state index is 0.0322. The van der Waals surface area contributed by atoms with Crippen molar-refractivity contribution in [3.8, 4) is 0 Å². The molecule has 0 aliphatic carbocycles. The third kappa shape index (κ3) is 8.60. The van der Waals surface area contributed by atoms with Crippen LogP contribution in [-0.4, -0.2) is 90.6 Å². The minimum atomic E-state index is -3.69. The van der Waals surface area contributed by atoms with Gasteiger partial charge in [-0.25, -0.2) is 0 Å². The van der Waals surface area contributed by atoms with E-state index < -0.39 is 58.8 Å². The Morgan fingerprint density at radius 1 is 0.900 bits per heavy atom. The summed E-state index contributed by atoms with van der Waals surface area (Å²) in [6.45, 7) is -0.439. The van der Waals surface area contributed by atoms with Crippen LogP contribution < -0.4 is 32.3 Å². The Hall–Kier alpha value is -4.10. The first-order chi connectivity index (χ1) is 23.9. The van der Waals surface area contributed by atoms with Gasteiger partial charge in [-0.2, -0.15) is 0 Å². The number of methoxy groups -OCH3 is 2. The van der Waals surface area contributed by atoms with E-state index in [4.69, 9.17) is 5.73 Å². The van der Waals surface area contributed by atoms with Gasteiger partial charge in [0.25, 0.3) is 0 Å². The van der Waals surface area contributed by atoms with E-state index in [2.05, 4.69) is 35.6 Å². The Morgan fingerprint density at radius 2 is 1.42 bits per heavy atom. The molecule has 4 amide bonds. The number of carbonyl (C=O) groups excluding carboxylic acids is 6. The summed E-state index contributed by atoms with van der Waals surface area (Å²) in [5, 5.41) is 3.30. The number of nitrogens with two attached hydrogens (primary N) is 1. The molecular weight excluding hydrogens is 747 g/mol. The molecule has 0 radical (unpaired) electrons. The molecule has 0 aromatic heterocycles. The molecule has 4 rings (SSSR count). The van der Waals surface area contributed by atoms with Gasteiger partial charge in [0.05, 0.1) is 14.2 Å². The Morgan fingerprint density at radius 3 is 1.90 bits per heavy atom. The van der Waals surface area contributed by atoms with Crippen molar-refractivity contribution in [3.63, 3.8) is 0 Å². The molecule has 12 nitrogen and oxygen atoms in total. The number of carbonyl (C=O) groups is 6. The van der Waals surface area contributed by atoms with Crippen molar-refractivity contribution >= 4 is 84.0 Å². The number of nitrogens with zero attached hydrogens (tertiary/aromatic N) is 1. The summed E-state index contributed by atoms with van der Waals surface area (Å²) in [6, 6.07) is 27.1. The average molecular weight is 788 g/mol. The molecule has 0 spiro atoms. The summed E-state index contributed by atoms with van der Waals surface area (Å²) in [4.78, 5) is 78.4. The zero-order valence-corrected chi connectivity index (χ0v) is 31.0. The van der Waals surface area contributed by atoms with E-state index in [1.54, 1.807) is 0 Å². The quantitative estimate of drug-likeness (QED) is 0.110. The van der Waals surface area contributed by atoms with E-state index in [1.807, 2.05) is 91.0 Å². The van der Waals surface area contributed by atoms with Gasteiger partial charge in [-0.15, -0.1) is 0 Å². The van der Waals surface area contributed by atoms with Crippen LogP contribution in [0.3, 0.4) is 0 Å². The minimum Gasteiger partial charge on any atom is -0.468 e. The molecule has 1 saturated heterocycles. The molecule has 15 heteroatoms. The second-order valence-corrected chi connectivity index (χ2v) is 21.7. The second-order valence-electron chi connectivity index (χ2n) is 11.6. The van der Waals surface area contributed by atoms with E-state index in [9.17, 15) is 28.8 Å². The molecule has 1 fully saturated rings. The van der Waals surface area contributed by atoms with Gasteiger partial charge in [0.2, 0.25) is 0 Å². The zero-order chi connectivity index (χ0) is 36.3. The van der Waals surface area contributed by atoms with Crippen molar-refractivity contribution in [2.45, 2.75) is 36.6 Å². The number of hydrogen-bond donors (Lipinski definition) is 3. The molecule has 0 bridgehead atoms. The SMILES string of the molecule is COC(=O)CNC(=O)C(CSC1CC(=O)N(CP(Br)(c2ccccc2)(c2ccccc2)c2ccccc2)C1=O)NC(=O)CCC(N)C(=O)OC. The molecule has 1 aliphatic rings. The molecule has 4 N–H and O–H groups in total. The Balaban J connectivity index is 1.59. The van der Waals surface area contributed by atoms with Gasteiger partial charge in [0.15, 0.2) is 0 Å². The third-order valence-electron chi connectivity index (χ3n) is 8.43. The van der Waals surface area contributed by atoms with Crippen LogP contribution in [0.1, 0.15) is 19.3 Å². The molecule has 1 heterocycles. The average Bonchev–Trinajstić information content (AvgIpc) is 3.41. The van der Waals surface area contributed by atoms with Crippen molar-refractivity contribution < 1.29 is 38.2 Å². The number of ether oxygens (including phenoxy) is 2. The number of esters is 2. The van der Waals surface area contributed by atoms with Gasteiger partial charge in [-0.3, -0.25) is 4.79 Å². The first-order valence-electron chi connectivity index (χ1n) is 15.8. The molecular formula is C35H40BrN4O8PS. The van der Waals surface area contributed by atoms with Gasteiger partial charge in [-0.1, -0.05) is 0 Å². The molecule has 1 aliphatic heterocycles. The Bertz CT molecular complexity index is 1600.